The Morgan fingerprint density at radius 1 is 0.966 bits per heavy atom. The van der Waals surface area contributed by atoms with E-state index in [9.17, 15) is 14.0 Å². The van der Waals surface area contributed by atoms with Crippen molar-refractivity contribution in [3.8, 4) is 0 Å². The van der Waals surface area contributed by atoms with E-state index >= 15 is 0 Å². The Labute approximate surface area is 170 Å². The first-order valence-corrected chi connectivity index (χ1v) is 10.1. The molecule has 4 rings (SSSR count). The molecule has 2 bridgehead atoms. The van der Waals surface area contributed by atoms with Crippen LogP contribution < -0.4 is 10.6 Å². The van der Waals surface area contributed by atoms with Crippen LogP contribution in [-0.4, -0.2) is 35.0 Å². The summed E-state index contributed by atoms with van der Waals surface area (Å²) in [5, 5.41) is 6.10. The lowest BCUT2D eigenvalue weighted by atomic mass is 9.97. The van der Waals surface area contributed by atoms with Crippen molar-refractivity contribution in [2.75, 3.05) is 5.32 Å². The highest BCUT2D eigenvalue weighted by Crippen LogP contribution is 2.36. The molecule has 152 valence electrons. The van der Waals surface area contributed by atoms with Gasteiger partial charge in [-0.2, -0.15) is 0 Å². The molecule has 2 aromatic rings. The number of hydrogen-bond acceptors (Lipinski definition) is 2. The van der Waals surface area contributed by atoms with Gasteiger partial charge in [0.25, 0.3) is 5.91 Å². The Hall–Kier alpha value is -2.89. The Morgan fingerprint density at radius 3 is 2.14 bits per heavy atom. The minimum atomic E-state index is -0.359. The van der Waals surface area contributed by atoms with Crippen LogP contribution in [0, 0.1) is 19.7 Å². The van der Waals surface area contributed by atoms with E-state index in [1.807, 2.05) is 30.9 Å². The van der Waals surface area contributed by atoms with E-state index in [2.05, 4.69) is 16.7 Å². The summed E-state index contributed by atoms with van der Waals surface area (Å²) in [5.74, 6) is -0.551. The molecular weight excluding hydrogens is 369 g/mol. The van der Waals surface area contributed by atoms with E-state index in [0.717, 1.165) is 42.5 Å². The summed E-state index contributed by atoms with van der Waals surface area (Å²) in [7, 11) is 0. The maximum Gasteiger partial charge on any atom is 0.322 e. The Balaban J connectivity index is 1.39. The van der Waals surface area contributed by atoms with Gasteiger partial charge in [-0.25, -0.2) is 9.18 Å². The Kier molecular flexibility index (Phi) is 5.26. The zero-order valence-electron chi connectivity index (χ0n) is 16.7. The topological polar surface area (TPSA) is 61.4 Å². The van der Waals surface area contributed by atoms with Gasteiger partial charge in [-0.05, 0) is 87.1 Å². The van der Waals surface area contributed by atoms with Gasteiger partial charge < -0.3 is 15.5 Å². The second-order valence-electron chi connectivity index (χ2n) is 8.25. The van der Waals surface area contributed by atoms with Crippen molar-refractivity contribution >= 4 is 17.6 Å². The first-order chi connectivity index (χ1) is 13.9. The van der Waals surface area contributed by atoms with Crippen LogP contribution in [0.15, 0.2) is 42.5 Å². The number of halogens is 1. The number of nitrogens with one attached hydrogen (secondary N) is 2. The predicted octanol–water partition coefficient (Wildman–Crippen LogP) is 4.40. The van der Waals surface area contributed by atoms with Crippen molar-refractivity contribution in [2.45, 2.75) is 57.7 Å². The number of carbonyl (C=O) groups excluding carboxylic acids is 2. The zero-order valence-corrected chi connectivity index (χ0v) is 16.7. The molecule has 0 aliphatic carbocycles. The van der Waals surface area contributed by atoms with Gasteiger partial charge in [-0.3, -0.25) is 4.79 Å². The third-order valence-corrected chi connectivity index (χ3v) is 5.88. The smallest absolute Gasteiger partial charge is 0.322 e. The number of aryl methyl sites for hydroxylation is 2. The molecule has 2 heterocycles. The summed E-state index contributed by atoms with van der Waals surface area (Å²) >= 11 is 0. The summed E-state index contributed by atoms with van der Waals surface area (Å²) in [6, 6.07) is 11.8. The molecule has 3 amide bonds. The number of nitrogens with zero attached hydrogens (tertiary/aromatic N) is 1. The number of amides is 3. The van der Waals surface area contributed by atoms with Crippen molar-refractivity contribution in [3.05, 3.63) is 65.0 Å². The minimum Gasteiger partial charge on any atom is -0.349 e. The third kappa shape index (κ3) is 4.26. The van der Waals surface area contributed by atoms with Gasteiger partial charge >= 0.3 is 6.03 Å². The Morgan fingerprint density at radius 2 is 1.55 bits per heavy atom. The van der Waals surface area contributed by atoms with Crippen LogP contribution in [0.3, 0.4) is 0 Å². The van der Waals surface area contributed by atoms with Crippen LogP contribution in [0.2, 0.25) is 0 Å². The lowest BCUT2D eigenvalue weighted by Gasteiger charge is -2.39. The average molecular weight is 395 g/mol. The highest BCUT2D eigenvalue weighted by Gasteiger charge is 2.43. The van der Waals surface area contributed by atoms with Gasteiger partial charge in [-0.15, -0.1) is 0 Å². The molecule has 0 radical (unpaired) electrons. The lowest BCUT2D eigenvalue weighted by molar-refractivity contribution is 0.0891. The second-order valence-corrected chi connectivity index (χ2v) is 8.25. The normalized spacial score (nSPS) is 23.0. The van der Waals surface area contributed by atoms with Gasteiger partial charge in [0.05, 0.1) is 0 Å². The van der Waals surface area contributed by atoms with E-state index in [1.165, 1.54) is 24.3 Å². The number of fused-ring (bicyclic) bond motifs is 2. The monoisotopic (exact) mass is 395 g/mol. The number of urea groups is 1. The highest BCUT2D eigenvalue weighted by atomic mass is 19.1. The molecule has 0 spiro atoms. The standard InChI is InChI=1S/C23H26FN3O2/c1-14-9-15(2)11-18(10-14)26-23(29)27-20-7-8-21(27)13-19(12-20)25-22(28)16-3-5-17(24)6-4-16/h3-6,9-11,19-21H,7-8,12-13H2,1-2H3,(H,25,28)(H,26,29)/t19?,20-,21+. The number of benzene rings is 2. The summed E-state index contributed by atoms with van der Waals surface area (Å²) in [4.78, 5) is 27.3. The van der Waals surface area contributed by atoms with E-state index in [4.69, 9.17) is 0 Å². The first-order valence-electron chi connectivity index (χ1n) is 10.1. The SMILES string of the molecule is Cc1cc(C)cc(NC(=O)N2[C@@H]3CC[C@H]2CC(NC(=O)c2ccc(F)cc2)C3)c1. The quantitative estimate of drug-likeness (QED) is 0.809. The van der Waals surface area contributed by atoms with Crippen molar-refractivity contribution < 1.29 is 14.0 Å². The average Bonchev–Trinajstić information content (AvgIpc) is 2.92. The molecule has 6 heteroatoms. The van der Waals surface area contributed by atoms with Crippen LogP contribution >= 0.6 is 0 Å². The van der Waals surface area contributed by atoms with E-state index in [-0.39, 0.29) is 35.9 Å². The fourth-order valence-electron chi connectivity index (χ4n) is 4.73. The Bertz CT molecular complexity index is 894. The molecule has 1 unspecified atom stereocenters. The number of hydrogen-bond donors (Lipinski definition) is 2. The highest BCUT2D eigenvalue weighted by molar-refractivity contribution is 5.94. The van der Waals surface area contributed by atoms with Crippen LogP contribution in [0.25, 0.3) is 0 Å². The maximum atomic E-state index is 13.1. The van der Waals surface area contributed by atoms with E-state index < -0.39 is 0 Å². The lowest BCUT2D eigenvalue weighted by Crippen LogP contribution is -2.53. The molecule has 2 aliphatic rings. The van der Waals surface area contributed by atoms with Crippen LogP contribution in [-0.2, 0) is 0 Å². The van der Waals surface area contributed by atoms with Crippen LogP contribution in [0.1, 0.15) is 47.2 Å². The molecule has 29 heavy (non-hydrogen) atoms. The zero-order chi connectivity index (χ0) is 20.5. The van der Waals surface area contributed by atoms with Gasteiger partial charge in [0.15, 0.2) is 0 Å². The van der Waals surface area contributed by atoms with Crippen molar-refractivity contribution in [3.63, 3.8) is 0 Å². The second kappa shape index (κ2) is 7.85. The molecular formula is C23H26FN3O2. The van der Waals surface area contributed by atoms with Gasteiger partial charge in [0.2, 0.25) is 0 Å². The number of carbonyl (C=O) groups is 2. The molecule has 2 N–H and O–H groups in total. The van der Waals surface area contributed by atoms with Gasteiger partial charge in [0.1, 0.15) is 5.82 Å². The molecule has 0 aromatic heterocycles. The molecule has 2 fully saturated rings. The molecule has 2 aromatic carbocycles. The van der Waals surface area contributed by atoms with Crippen molar-refractivity contribution in [1.82, 2.24) is 10.2 Å². The summed E-state index contributed by atoms with van der Waals surface area (Å²) < 4.78 is 13.1. The third-order valence-electron chi connectivity index (χ3n) is 5.88. The largest absolute Gasteiger partial charge is 0.349 e. The van der Waals surface area contributed by atoms with Crippen LogP contribution in [0.4, 0.5) is 14.9 Å². The fraction of sp³-hybridized carbons (Fsp3) is 0.391. The van der Waals surface area contributed by atoms with E-state index in [1.54, 1.807) is 0 Å². The maximum absolute atomic E-state index is 13.1. The van der Waals surface area contributed by atoms with Crippen molar-refractivity contribution in [1.29, 1.82) is 0 Å². The molecule has 5 nitrogen and oxygen atoms in total. The first kappa shape index (κ1) is 19.4. The minimum absolute atomic E-state index is 0.0234. The van der Waals surface area contributed by atoms with Gasteiger partial charge in [-0.1, -0.05) is 6.07 Å². The number of anilines is 1. The molecule has 2 aliphatic heterocycles. The summed E-state index contributed by atoms with van der Waals surface area (Å²) in [5.41, 5.74) is 3.50. The predicted molar refractivity (Wildman–Crippen MR) is 110 cm³/mol. The molecule has 0 saturated carbocycles. The summed E-state index contributed by atoms with van der Waals surface area (Å²) in [6.45, 7) is 4.03. The van der Waals surface area contributed by atoms with Crippen LogP contribution in [0.5, 0.6) is 0 Å². The summed E-state index contributed by atoms with van der Waals surface area (Å²) in [6.07, 6.45) is 3.38. The number of piperidine rings is 1. The number of rotatable bonds is 3. The van der Waals surface area contributed by atoms with Crippen molar-refractivity contribution in [2.24, 2.45) is 0 Å². The van der Waals surface area contributed by atoms with E-state index in [0.29, 0.717) is 5.56 Å². The fourth-order valence-corrected chi connectivity index (χ4v) is 4.73. The van der Waals surface area contributed by atoms with Gasteiger partial charge in [0, 0.05) is 29.4 Å². The molecule has 2 saturated heterocycles. The molecule has 3 atom stereocenters.